The molecule has 0 radical (unpaired) electrons. The number of aryl methyl sites for hydroxylation is 1. The van der Waals surface area contributed by atoms with Gasteiger partial charge in [-0.05, 0) is 70.5 Å². The molecule has 0 aromatic carbocycles. The number of likely N-dealkylation sites (N-methyl/N-ethyl adjacent to an activating group) is 1. The highest BCUT2D eigenvalue weighted by molar-refractivity contribution is 7.16. The molecule has 3 aliphatic rings. The lowest BCUT2D eigenvalue weighted by molar-refractivity contribution is 0.193. The van der Waals surface area contributed by atoms with Crippen LogP contribution in [0.2, 0.25) is 0 Å². The van der Waals surface area contributed by atoms with Crippen molar-refractivity contribution in [2.45, 2.75) is 62.8 Å². The third-order valence-electron chi connectivity index (χ3n) is 8.52. The second-order valence-electron chi connectivity index (χ2n) is 10.7. The maximum atomic E-state index is 9.99. The van der Waals surface area contributed by atoms with E-state index in [0.717, 1.165) is 68.3 Å². The number of aromatic nitrogens is 6. The van der Waals surface area contributed by atoms with Crippen molar-refractivity contribution in [3.05, 3.63) is 46.0 Å². The molecule has 4 aromatic heterocycles. The van der Waals surface area contributed by atoms with Crippen LogP contribution in [0, 0.1) is 11.3 Å². The summed E-state index contributed by atoms with van der Waals surface area (Å²) in [4.78, 5) is 17.2. The molecule has 2 aliphatic carbocycles. The fourth-order valence-corrected chi connectivity index (χ4v) is 7.80. The molecule has 4 aromatic rings. The van der Waals surface area contributed by atoms with Crippen LogP contribution in [-0.2, 0) is 18.3 Å². The van der Waals surface area contributed by atoms with E-state index < -0.39 is 0 Å². The van der Waals surface area contributed by atoms with Gasteiger partial charge >= 0.3 is 0 Å². The number of hydrogen-bond donors (Lipinski definition) is 1. The lowest BCUT2D eigenvalue weighted by Crippen LogP contribution is -2.36. The van der Waals surface area contributed by atoms with Crippen LogP contribution in [0.5, 0.6) is 5.88 Å². The van der Waals surface area contributed by atoms with Gasteiger partial charge in [0, 0.05) is 28.0 Å². The van der Waals surface area contributed by atoms with Gasteiger partial charge in [-0.3, -0.25) is 0 Å². The summed E-state index contributed by atoms with van der Waals surface area (Å²) < 4.78 is 13.8. The predicted molar refractivity (Wildman–Crippen MR) is 144 cm³/mol. The number of fused-ring (bicyclic) bond motifs is 4. The van der Waals surface area contributed by atoms with Crippen LogP contribution in [0.1, 0.15) is 65.8 Å². The molecule has 2 N–H and O–H groups in total. The molecule has 1 spiro atoms. The van der Waals surface area contributed by atoms with Gasteiger partial charge in [-0.15, -0.1) is 11.3 Å². The van der Waals surface area contributed by atoms with Crippen LogP contribution in [0.25, 0.3) is 17.4 Å². The molecule has 1 saturated heterocycles. The molecule has 12 heteroatoms. The monoisotopic (exact) mass is 543 g/mol. The Morgan fingerprint density at radius 1 is 1.26 bits per heavy atom. The number of nitriles is 1. The number of hydrogen-bond acceptors (Lipinski definition) is 11. The van der Waals surface area contributed by atoms with E-state index in [1.807, 2.05) is 0 Å². The summed E-state index contributed by atoms with van der Waals surface area (Å²) in [6.07, 6.45) is 10.9. The first kappa shape index (κ1) is 24.2. The quantitative estimate of drug-likeness (QED) is 0.396. The Hall–Kier alpha value is -3.82. The Morgan fingerprint density at radius 3 is 2.90 bits per heavy atom. The van der Waals surface area contributed by atoms with E-state index in [4.69, 9.17) is 25.0 Å². The third-order valence-corrected chi connectivity index (χ3v) is 9.60. The van der Waals surface area contributed by atoms with Gasteiger partial charge in [0.2, 0.25) is 17.5 Å². The van der Waals surface area contributed by atoms with Crippen LogP contribution >= 0.6 is 11.3 Å². The van der Waals surface area contributed by atoms with Gasteiger partial charge in [0.1, 0.15) is 30.3 Å². The minimum Gasteiger partial charge on any atom is -0.476 e. The lowest BCUT2D eigenvalue weighted by Gasteiger charge is -2.39. The number of anilines is 1. The molecule has 0 unspecified atom stereocenters. The summed E-state index contributed by atoms with van der Waals surface area (Å²) >= 11 is 1.54. The molecule has 1 fully saturated rings. The van der Waals surface area contributed by atoms with Crippen molar-refractivity contribution in [3.8, 4) is 29.4 Å². The van der Waals surface area contributed by atoms with Crippen molar-refractivity contribution >= 4 is 16.3 Å². The fraction of sp³-hybridized carbons (Fsp3) is 0.481. The summed E-state index contributed by atoms with van der Waals surface area (Å²) in [5.41, 5.74) is 9.48. The normalized spacial score (nSPS) is 22.5. The molecule has 0 bridgehead atoms. The van der Waals surface area contributed by atoms with E-state index in [-0.39, 0.29) is 5.41 Å². The lowest BCUT2D eigenvalue weighted by atomic mass is 9.62. The van der Waals surface area contributed by atoms with E-state index in [1.54, 1.807) is 28.4 Å². The van der Waals surface area contributed by atoms with Crippen molar-refractivity contribution in [2.24, 2.45) is 0 Å². The zero-order valence-corrected chi connectivity index (χ0v) is 22.6. The molecule has 39 heavy (non-hydrogen) atoms. The summed E-state index contributed by atoms with van der Waals surface area (Å²) in [6, 6.07) is 4.51. The number of nitrogens with two attached hydrogens (primary N) is 1. The van der Waals surface area contributed by atoms with E-state index >= 15 is 0 Å². The van der Waals surface area contributed by atoms with Crippen molar-refractivity contribution in [1.29, 1.82) is 5.26 Å². The largest absolute Gasteiger partial charge is 0.476 e. The van der Waals surface area contributed by atoms with Crippen molar-refractivity contribution in [1.82, 2.24) is 34.8 Å². The van der Waals surface area contributed by atoms with Crippen molar-refractivity contribution in [3.63, 3.8) is 0 Å². The summed E-state index contributed by atoms with van der Waals surface area (Å²) in [5.74, 6) is 1.95. The highest BCUT2D eigenvalue weighted by Crippen LogP contribution is 2.54. The summed E-state index contributed by atoms with van der Waals surface area (Å²) in [6.45, 7) is 1.62. The van der Waals surface area contributed by atoms with Crippen molar-refractivity contribution in [2.75, 3.05) is 25.9 Å². The highest BCUT2D eigenvalue weighted by Gasteiger charge is 2.48. The first-order valence-corrected chi connectivity index (χ1v) is 14.3. The van der Waals surface area contributed by atoms with E-state index in [2.05, 4.69) is 33.3 Å². The Balaban J connectivity index is 1.31. The highest BCUT2D eigenvalue weighted by atomic mass is 32.1. The molecule has 200 valence electrons. The molecule has 11 nitrogen and oxygen atoms in total. The summed E-state index contributed by atoms with van der Waals surface area (Å²) in [7, 11) is 2.12. The van der Waals surface area contributed by atoms with Gasteiger partial charge < -0.3 is 19.9 Å². The molecular weight excluding hydrogens is 514 g/mol. The maximum Gasteiger partial charge on any atom is 0.219 e. The zero-order valence-electron chi connectivity index (χ0n) is 21.8. The first-order chi connectivity index (χ1) is 19.1. The minimum atomic E-state index is -0.377. The van der Waals surface area contributed by atoms with Gasteiger partial charge in [-0.2, -0.15) is 15.3 Å². The number of nitrogen functional groups attached to an aromatic ring is 1. The number of thiophene rings is 1. The Bertz CT molecular complexity index is 1570. The second kappa shape index (κ2) is 9.43. The van der Waals surface area contributed by atoms with Gasteiger partial charge in [0.25, 0.3) is 0 Å². The summed E-state index contributed by atoms with van der Waals surface area (Å²) in [5, 5.41) is 19.5. The molecule has 5 heterocycles. The molecule has 0 amide bonds. The van der Waals surface area contributed by atoms with Crippen LogP contribution < -0.4 is 10.5 Å². The second-order valence-corrected chi connectivity index (χ2v) is 11.8. The molecule has 0 saturated carbocycles. The van der Waals surface area contributed by atoms with Crippen LogP contribution in [0.4, 0.5) is 5.00 Å². The molecule has 7 rings (SSSR count). The smallest absolute Gasteiger partial charge is 0.219 e. The van der Waals surface area contributed by atoms with Gasteiger partial charge in [0.05, 0.1) is 11.3 Å². The van der Waals surface area contributed by atoms with E-state index in [1.165, 1.54) is 17.6 Å². The Labute approximate surface area is 229 Å². The first-order valence-electron chi connectivity index (χ1n) is 13.5. The molecule has 1 aliphatic heterocycles. The average molecular weight is 544 g/mol. The SMILES string of the molecule is CN1CCC[C@H]1COc1cc(-n2cncn2)nc(-c2onc3c2CCC[C@@]32CCCc3sc(N)c(C#N)c32)n1. The minimum absolute atomic E-state index is 0.351. The zero-order chi connectivity index (χ0) is 26.6. The Kier molecular flexibility index (Phi) is 5.86. The maximum absolute atomic E-state index is 9.99. The van der Waals surface area contributed by atoms with Gasteiger partial charge in [-0.25, -0.2) is 14.6 Å². The van der Waals surface area contributed by atoms with Gasteiger partial charge in [-0.1, -0.05) is 5.16 Å². The van der Waals surface area contributed by atoms with E-state index in [0.29, 0.717) is 46.5 Å². The standard InChI is InChI=1S/C27H29N9O2S/c1-35-10-4-5-16(35)13-37-21-11-20(36-15-30-14-31-36)32-26(33-21)23-17-6-2-8-27(24(17)34-38-23)9-3-7-19-22(27)18(12-28)25(29)39-19/h11,14-16H,2-10,13,29H2,1H3/t16-,27-/m0/s1. The van der Waals surface area contributed by atoms with Gasteiger partial charge in [0.15, 0.2) is 5.82 Å². The topological polar surface area (TPSA) is 145 Å². The molecular formula is C27H29N9O2S. The average Bonchev–Trinajstić information content (AvgIpc) is 3.74. The number of rotatable bonds is 5. The predicted octanol–water partition coefficient (Wildman–Crippen LogP) is 3.66. The fourth-order valence-electron chi connectivity index (χ4n) is 6.64. The van der Waals surface area contributed by atoms with Crippen LogP contribution in [0.15, 0.2) is 23.2 Å². The Morgan fingerprint density at radius 2 is 2.13 bits per heavy atom. The number of likely N-dealkylation sites (tertiary alicyclic amines) is 1. The van der Waals surface area contributed by atoms with Crippen LogP contribution in [0.3, 0.4) is 0 Å². The van der Waals surface area contributed by atoms with Crippen LogP contribution in [-0.4, -0.2) is 61.0 Å². The van der Waals surface area contributed by atoms with E-state index in [9.17, 15) is 5.26 Å². The molecule has 2 atom stereocenters. The number of nitrogens with zero attached hydrogens (tertiary/aromatic N) is 8. The number of ether oxygens (including phenoxy) is 1. The van der Waals surface area contributed by atoms with Crippen molar-refractivity contribution < 1.29 is 9.26 Å². The third kappa shape index (κ3) is 3.91.